The van der Waals surface area contributed by atoms with Gasteiger partial charge in [-0.25, -0.2) is 15.0 Å². The van der Waals surface area contributed by atoms with Gasteiger partial charge in [-0.2, -0.15) is 0 Å². The second kappa shape index (κ2) is 12.3. The number of nitrogens with zero attached hydrogens (tertiary/aromatic N) is 4. The summed E-state index contributed by atoms with van der Waals surface area (Å²) in [6.45, 7) is 10.6. The third-order valence-corrected chi connectivity index (χ3v) is 5.99. The predicted molar refractivity (Wildman–Crippen MR) is 134 cm³/mol. The van der Waals surface area contributed by atoms with E-state index in [1.54, 1.807) is 11.3 Å². The SMILES string of the molecule is CCNC(=NCc1ccc(N2CCCCCC2)nc1)NCc1sc(C)nc1C.I. The Morgan fingerprint density at radius 2 is 1.90 bits per heavy atom. The quantitative estimate of drug-likeness (QED) is 0.331. The molecule has 29 heavy (non-hydrogen) atoms. The summed E-state index contributed by atoms with van der Waals surface area (Å²) in [6.07, 6.45) is 7.17. The molecule has 0 spiro atoms. The van der Waals surface area contributed by atoms with Crippen LogP contribution in [0, 0.1) is 13.8 Å². The Hall–Kier alpha value is -1.42. The third kappa shape index (κ3) is 7.40. The molecule has 0 radical (unpaired) electrons. The first-order chi connectivity index (χ1) is 13.7. The largest absolute Gasteiger partial charge is 0.357 e. The van der Waals surface area contributed by atoms with E-state index in [0.717, 1.165) is 54.2 Å². The molecule has 0 bridgehead atoms. The van der Waals surface area contributed by atoms with Gasteiger partial charge in [-0.15, -0.1) is 35.3 Å². The number of nitrogens with one attached hydrogen (secondary N) is 2. The molecule has 2 aromatic rings. The fraction of sp³-hybridized carbons (Fsp3) is 0.571. The Morgan fingerprint density at radius 3 is 2.48 bits per heavy atom. The highest BCUT2D eigenvalue weighted by molar-refractivity contribution is 14.0. The van der Waals surface area contributed by atoms with E-state index in [4.69, 9.17) is 4.99 Å². The predicted octanol–water partition coefficient (Wildman–Crippen LogP) is 4.41. The van der Waals surface area contributed by atoms with Crippen LogP contribution in [0.3, 0.4) is 0 Å². The van der Waals surface area contributed by atoms with Gasteiger partial charge in [0.05, 0.1) is 23.8 Å². The lowest BCUT2D eigenvalue weighted by Gasteiger charge is -2.21. The van der Waals surface area contributed by atoms with E-state index < -0.39 is 0 Å². The van der Waals surface area contributed by atoms with Crippen molar-refractivity contribution in [2.75, 3.05) is 24.5 Å². The van der Waals surface area contributed by atoms with Crippen LogP contribution < -0.4 is 15.5 Å². The summed E-state index contributed by atoms with van der Waals surface area (Å²) in [5.41, 5.74) is 2.22. The molecule has 2 N–H and O–H groups in total. The van der Waals surface area contributed by atoms with E-state index in [2.05, 4.69) is 51.5 Å². The van der Waals surface area contributed by atoms with Crippen LogP contribution >= 0.6 is 35.3 Å². The molecule has 160 valence electrons. The highest BCUT2D eigenvalue weighted by Crippen LogP contribution is 2.18. The highest BCUT2D eigenvalue weighted by Gasteiger charge is 2.11. The maximum atomic E-state index is 4.72. The van der Waals surface area contributed by atoms with Gasteiger partial charge in [0, 0.05) is 30.7 Å². The lowest BCUT2D eigenvalue weighted by molar-refractivity contribution is 0.726. The monoisotopic (exact) mass is 528 g/mol. The number of aliphatic imine (C=N–C) groups is 1. The van der Waals surface area contributed by atoms with Gasteiger partial charge in [-0.05, 0) is 45.2 Å². The maximum absolute atomic E-state index is 4.72. The first-order valence-electron chi connectivity index (χ1n) is 10.3. The van der Waals surface area contributed by atoms with Crippen molar-refractivity contribution < 1.29 is 0 Å². The van der Waals surface area contributed by atoms with Crippen LogP contribution in [0.4, 0.5) is 5.82 Å². The van der Waals surface area contributed by atoms with Crippen molar-refractivity contribution in [3.8, 4) is 0 Å². The van der Waals surface area contributed by atoms with Crippen molar-refractivity contribution in [3.63, 3.8) is 0 Å². The molecular formula is C21H33IN6S. The zero-order valence-corrected chi connectivity index (χ0v) is 20.8. The van der Waals surface area contributed by atoms with E-state index in [0.29, 0.717) is 6.54 Å². The molecule has 0 aliphatic carbocycles. The molecule has 1 saturated heterocycles. The van der Waals surface area contributed by atoms with Gasteiger partial charge in [-0.3, -0.25) is 0 Å². The van der Waals surface area contributed by atoms with Crippen LogP contribution in [-0.2, 0) is 13.1 Å². The fourth-order valence-electron chi connectivity index (χ4n) is 3.41. The molecule has 1 aliphatic rings. The average Bonchev–Trinajstić information content (AvgIpc) is 2.89. The van der Waals surface area contributed by atoms with Crippen LogP contribution in [0.1, 0.15) is 53.7 Å². The fourth-order valence-corrected chi connectivity index (χ4v) is 4.29. The number of hydrogen-bond donors (Lipinski definition) is 2. The number of guanidine groups is 1. The molecule has 0 saturated carbocycles. The standard InChI is InChI=1S/C21H32N6S.HI/c1-4-22-21(25-15-19-16(2)26-17(3)28-19)24-14-18-9-10-20(23-13-18)27-11-7-5-6-8-12-27;/h9-10,13H,4-8,11-12,14-15H2,1-3H3,(H2,22,24,25);1H. The third-order valence-electron chi connectivity index (χ3n) is 4.92. The van der Waals surface area contributed by atoms with Crippen molar-refractivity contribution in [2.45, 2.75) is 59.5 Å². The van der Waals surface area contributed by atoms with Gasteiger partial charge in [0.25, 0.3) is 0 Å². The minimum atomic E-state index is 0. The molecule has 3 heterocycles. The normalized spacial score (nSPS) is 14.9. The zero-order valence-electron chi connectivity index (χ0n) is 17.7. The van der Waals surface area contributed by atoms with Gasteiger partial charge in [-0.1, -0.05) is 18.9 Å². The summed E-state index contributed by atoms with van der Waals surface area (Å²) in [4.78, 5) is 17.6. The molecule has 6 nitrogen and oxygen atoms in total. The molecule has 8 heteroatoms. The van der Waals surface area contributed by atoms with Crippen molar-refractivity contribution >= 4 is 47.1 Å². The van der Waals surface area contributed by atoms with Crippen molar-refractivity contribution in [2.24, 2.45) is 4.99 Å². The number of rotatable bonds is 6. The highest BCUT2D eigenvalue weighted by atomic mass is 127. The lowest BCUT2D eigenvalue weighted by Crippen LogP contribution is -2.36. The lowest BCUT2D eigenvalue weighted by atomic mass is 10.2. The number of thiazole rings is 1. The maximum Gasteiger partial charge on any atom is 0.191 e. The van der Waals surface area contributed by atoms with Crippen LogP contribution in [0.2, 0.25) is 0 Å². The number of aryl methyl sites for hydroxylation is 2. The summed E-state index contributed by atoms with van der Waals surface area (Å²) in [5.74, 6) is 1.92. The van der Waals surface area contributed by atoms with E-state index >= 15 is 0 Å². The van der Waals surface area contributed by atoms with E-state index in [9.17, 15) is 0 Å². The number of aromatic nitrogens is 2. The summed E-state index contributed by atoms with van der Waals surface area (Å²) < 4.78 is 0. The number of anilines is 1. The molecule has 1 aliphatic heterocycles. The molecule has 1 fully saturated rings. The van der Waals surface area contributed by atoms with Gasteiger partial charge >= 0.3 is 0 Å². The molecule has 0 unspecified atom stereocenters. The Labute approximate surface area is 195 Å². The van der Waals surface area contributed by atoms with Gasteiger partial charge in [0.2, 0.25) is 0 Å². The molecule has 2 aromatic heterocycles. The van der Waals surface area contributed by atoms with Crippen molar-refractivity contribution in [1.82, 2.24) is 20.6 Å². The number of pyridine rings is 1. The van der Waals surface area contributed by atoms with Gasteiger partial charge in [0.15, 0.2) is 5.96 Å². The summed E-state index contributed by atoms with van der Waals surface area (Å²) in [7, 11) is 0. The average molecular weight is 529 g/mol. The molecule has 0 aromatic carbocycles. The Balaban J connectivity index is 0.00000300. The van der Waals surface area contributed by atoms with E-state index in [-0.39, 0.29) is 24.0 Å². The molecular weight excluding hydrogens is 495 g/mol. The molecule has 0 amide bonds. The van der Waals surface area contributed by atoms with Crippen LogP contribution in [-0.4, -0.2) is 35.6 Å². The first-order valence-corrected chi connectivity index (χ1v) is 11.1. The van der Waals surface area contributed by atoms with Gasteiger partial charge in [0.1, 0.15) is 5.82 Å². The minimum absolute atomic E-state index is 0. The topological polar surface area (TPSA) is 65.4 Å². The van der Waals surface area contributed by atoms with E-state index in [1.165, 1.54) is 30.6 Å². The second-order valence-electron chi connectivity index (χ2n) is 7.22. The van der Waals surface area contributed by atoms with E-state index in [1.807, 2.05) is 13.1 Å². The smallest absolute Gasteiger partial charge is 0.191 e. The Kier molecular flexibility index (Phi) is 10.1. The summed E-state index contributed by atoms with van der Waals surface area (Å²) >= 11 is 1.73. The van der Waals surface area contributed by atoms with Gasteiger partial charge < -0.3 is 15.5 Å². The van der Waals surface area contributed by atoms with Crippen molar-refractivity contribution in [1.29, 1.82) is 0 Å². The van der Waals surface area contributed by atoms with Crippen LogP contribution in [0.5, 0.6) is 0 Å². The Bertz CT molecular complexity index is 766. The molecule has 0 atom stereocenters. The zero-order chi connectivity index (χ0) is 19.8. The number of hydrogen-bond acceptors (Lipinski definition) is 5. The number of halogens is 1. The summed E-state index contributed by atoms with van der Waals surface area (Å²) in [5, 5.41) is 7.83. The minimum Gasteiger partial charge on any atom is -0.357 e. The van der Waals surface area contributed by atoms with Crippen LogP contribution in [0.15, 0.2) is 23.3 Å². The van der Waals surface area contributed by atoms with Crippen molar-refractivity contribution in [3.05, 3.63) is 39.5 Å². The first kappa shape index (κ1) is 23.9. The molecule has 3 rings (SSSR count). The summed E-state index contributed by atoms with van der Waals surface area (Å²) in [6, 6.07) is 4.29. The second-order valence-corrected chi connectivity index (χ2v) is 8.50. The van der Waals surface area contributed by atoms with Crippen LogP contribution in [0.25, 0.3) is 0 Å². The Morgan fingerprint density at radius 1 is 1.14 bits per heavy atom.